The first-order chi connectivity index (χ1) is 15.3. The second-order valence-electron chi connectivity index (χ2n) is 8.67. The van der Waals surface area contributed by atoms with Gasteiger partial charge < -0.3 is 19.6 Å². The Kier molecular flexibility index (Phi) is 8.42. The van der Waals surface area contributed by atoms with Crippen LogP contribution < -0.4 is 10.3 Å². The smallest absolute Gasteiger partial charge is 0.260 e. The lowest BCUT2D eigenvalue weighted by atomic mass is 10.1. The standard InChI is InChI=1S/C24H33N3O4S/c1-15(2)10-27(11-17(28)13-31-16(3)4)12-21-25-23(29)22-19(14-32-24(22)26-21)18-8-6-7-9-20(18)30-5/h6-9,14-17,28H,10-13H2,1-5H3,(H,25,26,29)/t17-/m0/s1. The fourth-order valence-electron chi connectivity index (χ4n) is 3.72. The number of hydrogen-bond acceptors (Lipinski definition) is 7. The van der Waals surface area contributed by atoms with E-state index in [1.54, 1.807) is 7.11 Å². The molecule has 0 aliphatic carbocycles. The van der Waals surface area contributed by atoms with E-state index in [0.717, 1.165) is 23.4 Å². The van der Waals surface area contributed by atoms with Crippen molar-refractivity contribution < 1.29 is 14.6 Å². The van der Waals surface area contributed by atoms with Crippen LogP contribution >= 0.6 is 11.3 Å². The molecule has 174 valence electrons. The van der Waals surface area contributed by atoms with E-state index >= 15 is 0 Å². The van der Waals surface area contributed by atoms with Crippen LogP contribution in [-0.4, -0.2) is 59.0 Å². The monoisotopic (exact) mass is 459 g/mol. The summed E-state index contributed by atoms with van der Waals surface area (Å²) in [4.78, 5) is 23.5. The van der Waals surface area contributed by atoms with Crippen LogP contribution in [0.5, 0.6) is 5.75 Å². The summed E-state index contributed by atoms with van der Waals surface area (Å²) < 4.78 is 11.0. The van der Waals surface area contributed by atoms with Crippen molar-refractivity contribution in [3.05, 3.63) is 45.8 Å². The highest BCUT2D eigenvalue weighted by atomic mass is 32.1. The summed E-state index contributed by atoms with van der Waals surface area (Å²) >= 11 is 1.45. The third-order valence-electron chi connectivity index (χ3n) is 4.98. The van der Waals surface area contributed by atoms with Gasteiger partial charge in [0.25, 0.3) is 5.56 Å². The molecule has 3 aromatic rings. The van der Waals surface area contributed by atoms with Crippen LogP contribution in [0.2, 0.25) is 0 Å². The maximum absolute atomic E-state index is 13.0. The minimum absolute atomic E-state index is 0.0693. The van der Waals surface area contributed by atoms with E-state index in [1.807, 2.05) is 43.5 Å². The molecule has 0 spiro atoms. The number of benzene rings is 1. The molecule has 0 saturated carbocycles. The minimum Gasteiger partial charge on any atom is -0.496 e. The second kappa shape index (κ2) is 11.0. The summed E-state index contributed by atoms with van der Waals surface area (Å²) in [6.45, 7) is 10.1. The number of aliphatic hydroxyl groups excluding tert-OH is 1. The molecule has 2 heterocycles. The molecule has 2 N–H and O–H groups in total. The zero-order chi connectivity index (χ0) is 23.3. The van der Waals surface area contributed by atoms with Crippen LogP contribution in [0.4, 0.5) is 0 Å². The van der Waals surface area contributed by atoms with Crippen molar-refractivity contribution in [2.24, 2.45) is 5.92 Å². The van der Waals surface area contributed by atoms with Crippen molar-refractivity contribution in [1.82, 2.24) is 14.9 Å². The molecular weight excluding hydrogens is 426 g/mol. The summed E-state index contributed by atoms with van der Waals surface area (Å²) in [5.74, 6) is 1.72. The number of hydrogen-bond donors (Lipinski definition) is 2. The van der Waals surface area contributed by atoms with Crippen LogP contribution in [0.15, 0.2) is 34.4 Å². The lowest BCUT2D eigenvalue weighted by Crippen LogP contribution is -2.38. The summed E-state index contributed by atoms with van der Waals surface area (Å²) in [5, 5.41) is 12.9. The Morgan fingerprint density at radius 2 is 1.91 bits per heavy atom. The molecule has 7 nitrogen and oxygen atoms in total. The SMILES string of the molecule is COc1ccccc1-c1csc2nc(CN(CC(C)C)C[C@H](O)COC(C)C)[nH]c(=O)c12. The number of methoxy groups -OCH3 is 1. The number of fused-ring (bicyclic) bond motifs is 1. The Hall–Kier alpha value is -2.26. The van der Waals surface area contributed by atoms with E-state index in [2.05, 4.69) is 23.7 Å². The van der Waals surface area contributed by atoms with E-state index < -0.39 is 6.10 Å². The molecule has 0 fully saturated rings. The fourth-order valence-corrected chi connectivity index (χ4v) is 4.68. The summed E-state index contributed by atoms with van der Waals surface area (Å²) in [6, 6.07) is 7.66. The molecule has 2 aromatic heterocycles. The van der Waals surface area contributed by atoms with Gasteiger partial charge in [0.2, 0.25) is 0 Å². The van der Waals surface area contributed by atoms with E-state index in [1.165, 1.54) is 11.3 Å². The Morgan fingerprint density at radius 3 is 2.59 bits per heavy atom. The summed E-state index contributed by atoms with van der Waals surface area (Å²) in [7, 11) is 1.62. The maximum atomic E-state index is 13.0. The van der Waals surface area contributed by atoms with Crippen molar-refractivity contribution >= 4 is 21.6 Å². The van der Waals surface area contributed by atoms with E-state index in [9.17, 15) is 9.90 Å². The number of aliphatic hydroxyl groups is 1. The average molecular weight is 460 g/mol. The summed E-state index contributed by atoms with van der Waals surface area (Å²) in [5.41, 5.74) is 1.53. The number of H-pyrrole nitrogens is 1. The first-order valence-electron chi connectivity index (χ1n) is 10.9. The first kappa shape index (κ1) is 24.4. The molecule has 0 amide bonds. The zero-order valence-electron chi connectivity index (χ0n) is 19.4. The van der Waals surface area contributed by atoms with Gasteiger partial charge in [0.05, 0.1) is 37.9 Å². The third kappa shape index (κ3) is 6.16. The molecular formula is C24H33N3O4S. The van der Waals surface area contributed by atoms with Crippen LogP contribution in [0.3, 0.4) is 0 Å². The van der Waals surface area contributed by atoms with Crippen molar-refractivity contribution in [3.63, 3.8) is 0 Å². The van der Waals surface area contributed by atoms with E-state index in [0.29, 0.717) is 35.0 Å². The van der Waals surface area contributed by atoms with Gasteiger partial charge in [0.15, 0.2) is 0 Å². The van der Waals surface area contributed by atoms with Crippen LogP contribution in [0.25, 0.3) is 21.3 Å². The quantitative estimate of drug-likeness (QED) is 0.452. The fraction of sp³-hybridized carbons (Fsp3) is 0.500. The molecule has 3 rings (SSSR count). The molecule has 0 aliphatic heterocycles. The second-order valence-corrected chi connectivity index (χ2v) is 9.52. The number of thiophene rings is 1. The predicted molar refractivity (Wildman–Crippen MR) is 129 cm³/mol. The molecule has 1 aromatic carbocycles. The lowest BCUT2D eigenvalue weighted by Gasteiger charge is -2.26. The number of rotatable bonds is 11. The zero-order valence-corrected chi connectivity index (χ0v) is 20.2. The number of aromatic nitrogens is 2. The maximum Gasteiger partial charge on any atom is 0.260 e. The summed E-state index contributed by atoms with van der Waals surface area (Å²) in [6.07, 6.45) is -0.537. The number of aromatic amines is 1. The number of ether oxygens (including phenoxy) is 2. The molecule has 8 heteroatoms. The van der Waals surface area contributed by atoms with Gasteiger partial charge in [-0.3, -0.25) is 9.69 Å². The number of para-hydroxylation sites is 1. The van der Waals surface area contributed by atoms with Crippen LogP contribution in [-0.2, 0) is 11.3 Å². The van der Waals surface area contributed by atoms with E-state index in [4.69, 9.17) is 14.5 Å². The highest BCUT2D eigenvalue weighted by Gasteiger charge is 2.19. The number of nitrogens with one attached hydrogen (secondary N) is 1. The van der Waals surface area contributed by atoms with Gasteiger partial charge in [0, 0.05) is 29.6 Å². The molecule has 0 saturated heterocycles. The van der Waals surface area contributed by atoms with Crippen molar-refractivity contribution in [1.29, 1.82) is 0 Å². The van der Waals surface area contributed by atoms with Crippen LogP contribution in [0, 0.1) is 5.92 Å². The van der Waals surface area contributed by atoms with Gasteiger partial charge in [-0.25, -0.2) is 4.98 Å². The Labute approximate surface area is 193 Å². The van der Waals surface area contributed by atoms with Crippen molar-refractivity contribution in [3.8, 4) is 16.9 Å². The van der Waals surface area contributed by atoms with Crippen LogP contribution in [0.1, 0.15) is 33.5 Å². The van der Waals surface area contributed by atoms with Gasteiger partial charge in [0.1, 0.15) is 16.4 Å². The highest BCUT2D eigenvalue weighted by Crippen LogP contribution is 2.36. The molecule has 0 unspecified atom stereocenters. The van der Waals surface area contributed by atoms with Gasteiger partial charge >= 0.3 is 0 Å². The average Bonchev–Trinajstić information content (AvgIpc) is 3.16. The molecule has 0 radical (unpaired) electrons. The van der Waals surface area contributed by atoms with Crippen molar-refractivity contribution in [2.75, 3.05) is 26.8 Å². The largest absolute Gasteiger partial charge is 0.496 e. The molecule has 1 atom stereocenters. The Balaban J connectivity index is 1.86. The minimum atomic E-state index is -0.606. The lowest BCUT2D eigenvalue weighted by molar-refractivity contribution is -0.0111. The molecule has 0 bridgehead atoms. The third-order valence-corrected chi connectivity index (χ3v) is 5.85. The molecule has 32 heavy (non-hydrogen) atoms. The normalized spacial score (nSPS) is 12.9. The van der Waals surface area contributed by atoms with Gasteiger partial charge in [-0.15, -0.1) is 11.3 Å². The number of nitrogens with zero attached hydrogens (tertiary/aromatic N) is 2. The first-order valence-corrected chi connectivity index (χ1v) is 11.8. The van der Waals surface area contributed by atoms with E-state index in [-0.39, 0.29) is 18.3 Å². The Morgan fingerprint density at radius 1 is 1.16 bits per heavy atom. The predicted octanol–water partition coefficient (Wildman–Crippen LogP) is 3.90. The molecule has 0 aliphatic rings. The highest BCUT2D eigenvalue weighted by molar-refractivity contribution is 7.17. The topological polar surface area (TPSA) is 87.7 Å². The van der Waals surface area contributed by atoms with Gasteiger partial charge in [-0.1, -0.05) is 32.0 Å². The van der Waals surface area contributed by atoms with Gasteiger partial charge in [-0.2, -0.15) is 0 Å². The Bertz CT molecular complexity index is 1080. The van der Waals surface area contributed by atoms with Crippen molar-refractivity contribution in [2.45, 2.75) is 46.4 Å². The van der Waals surface area contributed by atoms with Gasteiger partial charge in [-0.05, 0) is 25.8 Å².